The zero-order valence-electron chi connectivity index (χ0n) is 10.7. The van der Waals surface area contributed by atoms with Crippen LogP contribution in [-0.4, -0.2) is 16.2 Å². The van der Waals surface area contributed by atoms with Crippen LogP contribution >= 0.6 is 0 Å². The smallest absolute Gasteiger partial charge is 0.211 e. The number of nitrogens with one attached hydrogen (secondary N) is 1. The highest BCUT2D eigenvalue weighted by molar-refractivity contribution is 5.73. The number of aromatic nitrogens is 2. The van der Waals surface area contributed by atoms with E-state index in [4.69, 9.17) is 0 Å². The molecule has 1 amide bonds. The van der Waals surface area contributed by atoms with Crippen LogP contribution in [0.2, 0.25) is 0 Å². The molecule has 0 unspecified atom stereocenters. The molecular weight excluding hydrogens is 250 g/mol. The van der Waals surface area contributed by atoms with Crippen LogP contribution in [0.1, 0.15) is 0 Å². The Bertz CT molecular complexity index is 702. The lowest BCUT2D eigenvalue weighted by Crippen LogP contribution is -1.93. The van der Waals surface area contributed by atoms with Crippen LogP contribution < -0.4 is 5.32 Å². The molecule has 0 atom stereocenters. The first kappa shape index (κ1) is 12.2. The van der Waals surface area contributed by atoms with Gasteiger partial charge in [-0.15, -0.1) is 0 Å². The van der Waals surface area contributed by atoms with Crippen LogP contribution in [0.5, 0.6) is 0 Å². The first-order chi connectivity index (χ1) is 9.86. The molecular formula is C16H13N3O. The van der Waals surface area contributed by atoms with Crippen molar-refractivity contribution in [2.24, 2.45) is 0 Å². The van der Waals surface area contributed by atoms with E-state index >= 15 is 0 Å². The van der Waals surface area contributed by atoms with Crippen molar-refractivity contribution in [3.8, 4) is 16.8 Å². The van der Waals surface area contributed by atoms with Crippen molar-refractivity contribution in [2.75, 3.05) is 5.32 Å². The van der Waals surface area contributed by atoms with E-state index < -0.39 is 0 Å². The highest BCUT2D eigenvalue weighted by Crippen LogP contribution is 2.21. The molecule has 0 aliphatic heterocycles. The number of benzene rings is 2. The third kappa shape index (κ3) is 2.44. The number of amides is 1. The molecule has 3 aromatic rings. The van der Waals surface area contributed by atoms with Crippen molar-refractivity contribution < 1.29 is 4.79 Å². The maximum atomic E-state index is 10.4. The summed E-state index contributed by atoms with van der Waals surface area (Å²) in [5, 5.41) is 6.98. The maximum Gasteiger partial charge on any atom is 0.211 e. The van der Waals surface area contributed by atoms with Gasteiger partial charge in [-0.25, -0.2) is 4.68 Å². The molecule has 20 heavy (non-hydrogen) atoms. The van der Waals surface area contributed by atoms with E-state index in [0.29, 0.717) is 6.41 Å². The molecule has 1 aromatic heterocycles. The van der Waals surface area contributed by atoms with Gasteiger partial charge >= 0.3 is 0 Å². The molecule has 98 valence electrons. The lowest BCUT2D eigenvalue weighted by Gasteiger charge is -2.01. The number of anilines is 1. The Kier molecular flexibility index (Phi) is 3.29. The largest absolute Gasteiger partial charge is 0.329 e. The first-order valence-corrected chi connectivity index (χ1v) is 6.27. The average molecular weight is 263 g/mol. The van der Waals surface area contributed by atoms with Crippen molar-refractivity contribution in [1.82, 2.24) is 9.78 Å². The van der Waals surface area contributed by atoms with E-state index in [9.17, 15) is 4.79 Å². The lowest BCUT2D eigenvalue weighted by molar-refractivity contribution is -0.105. The fraction of sp³-hybridized carbons (Fsp3) is 0. The van der Waals surface area contributed by atoms with Crippen molar-refractivity contribution in [3.05, 3.63) is 67.0 Å². The summed E-state index contributed by atoms with van der Waals surface area (Å²) in [5.41, 5.74) is 3.90. The zero-order chi connectivity index (χ0) is 13.8. The van der Waals surface area contributed by atoms with Crippen LogP contribution in [0.4, 0.5) is 5.69 Å². The summed E-state index contributed by atoms with van der Waals surface area (Å²) in [5.74, 6) is 0. The molecule has 0 fully saturated rings. The summed E-state index contributed by atoms with van der Waals surface area (Å²) in [6, 6.07) is 17.6. The number of hydrogen-bond acceptors (Lipinski definition) is 2. The van der Waals surface area contributed by atoms with Gasteiger partial charge in [0.25, 0.3) is 0 Å². The molecule has 0 radical (unpaired) electrons. The first-order valence-electron chi connectivity index (χ1n) is 6.27. The Hall–Kier alpha value is -2.88. The van der Waals surface area contributed by atoms with Crippen molar-refractivity contribution in [1.29, 1.82) is 0 Å². The van der Waals surface area contributed by atoms with Gasteiger partial charge in [-0.3, -0.25) is 4.79 Å². The van der Waals surface area contributed by atoms with Gasteiger partial charge in [0, 0.05) is 17.4 Å². The normalized spacial score (nSPS) is 10.2. The minimum Gasteiger partial charge on any atom is -0.329 e. The second-order valence-corrected chi connectivity index (χ2v) is 4.35. The third-order valence-electron chi connectivity index (χ3n) is 3.05. The summed E-state index contributed by atoms with van der Waals surface area (Å²) in [6.07, 6.45) is 4.48. The molecule has 0 saturated heterocycles. The minimum absolute atomic E-state index is 0.669. The Morgan fingerprint density at radius 1 is 0.950 bits per heavy atom. The van der Waals surface area contributed by atoms with Crippen molar-refractivity contribution >= 4 is 12.1 Å². The van der Waals surface area contributed by atoms with Gasteiger partial charge in [0.05, 0.1) is 11.9 Å². The topological polar surface area (TPSA) is 46.9 Å². The molecule has 3 rings (SSSR count). The van der Waals surface area contributed by atoms with Gasteiger partial charge in [0.2, 0.25) is 6.41 Å². The van der Waals surface area contributed by atoms with Crippen LogP contribution in [0.15, 0.2) is 67.0 Å². The maximum absolute atomic E-state index is 10.4. The van der Waals surface area contributed by atoms with E-state index in [1.54, 1.807) is 0 Å². The van der Waals surface area contributed by atoms with E-state index in [2.05, 4.69) is 10.4 Å². The fourth-order valence-corrected chi connectivity index (χ4v) is 2.02. The number of carbonyl (C=O) groups excluding carboxylic acids is 1. The molecule has 0 spiro atoms. The van der Waals surface area contributed by atoms with Gasteiger partial charge in [-0.05, 0) is 29.8 Å². The van der Waals surface area contributed by atoms with E-state index in [1.165, 1.54) is 0 Å². The van der Waals surface area contributed by atoms with E-state index in [-0.39, 0.29) is 0 Å². The van der Waals surface area contributed by atoms with Gasteiger partial charge in [0.15, 0.2) is 0 Å². The fourth-order valence-electron chi connectivity index (χ4n) is 2.02. The Morgan fingerprint density at radius 2 is 1.70 bits per heavy atom. The standard InChI is InChI=1S/C16H13N3O/c20-12-17-15-8-6-13(7-9-15)14-10-18-19(11-14)16-4-2-1-3-5-16/h1-12H,(H,17,20). The summed E-state index contributed by atoms with van der Waals surface area (Å²) in [7, 11) is 0. The predicted octanol–water partition coefficient (Wildman–Crippen LogP) is 3.11. The summed E-state index contributed by atoms with van der Waals surface area (Å²) < 4.78 is 1.84. The zero-order valence-corrected chi connectivity index (χ0v) is 10.7. The average Bonchev–Trinajstić information content (AvgIpc) is 2.99. The number of carbonyl (C=O) groups is 1. The quantitative estimate of drug-likeness (QED) is 0.735. The molecule has 0 saturated carbocycles. The SMILES string of the molecule is O=CNc1ccc(-c2cnn(-c3ccccc3)c2)cc1. The molecule has 4 nitrogen and oxygen atoms in total. The number of nitrogens with zero attached hydrogens (tertiary/aromatic N) is 2. The van der Waals surface area contributed by atoms with Crippen LogP contribution in [0.3, 0.4) is 0 Å². The van der Waals surface area contributed by atoms with Crippen molar-refractivity contribution in [3.63, 3.8) is 0 Å². The summed E-state index contributed by atoms with van der Waals surface area (Å²) in [6.45, 7) is 0. The van der Waals surface area contributed by atoms with Crippen LogP contribution in [-0.2, 0) is 4.79 Å². The number of hydrogen-bond donors (Lipinski definition) is 1. The molecule has 0 aliphatic rings. The Labute approximate surface area is 116 Å². The molecule has 4 heteroatoms. The summed E-state index contributed by atoms with van der Waals surface area (Å²) >= 11 is 0. The number of para-hydroxylation sites is 1. The Morgan fingerprint density at radius 3 is 2.40 bits per heavy atom. The molecule has 0 bridgehead atoms. The van der Waals surface area contributed by atoms with Gasteiger partial charge in [-0.1, -0.05) is 30.3 Å². The number of rotatable bonds is 4. The second-order valence-electron chi connectivity index (χ2n) is 4.35. The van der Waals surface area contributed by atoms with Crippen LogP contribution in [0.25, 0.3) is 16.8 Å². The minimum atomic E-state index is 0.669. The lowest BCUT2D eigenvalue weighted by atomic mass is 10.1. The second kappa shape index (κ2) is 5.40. The monoisotopic (exact) mass is 263 g/mol. The Balaban J connectivity index is 1.88. The predicted molar refractivity (Wildman–Crippen MR) is 78.7 cm³/mol. The van der Waals surface area contributed by atoms with E-state index in [0.717, 1.165) is 22.5 Å². The molecule has 2 aromatic carbocycles. The van der Waals surface area contributed by atoms with Gasteiger partial charge < -0.3 is 5.32 Å². The third-order valence-corrected chi connectivity index (χ3v) is 3.05. The van der Waals surface area contributed by atoms with E-state index in [1.807, 2.05) is 71.7 Å². The van der Waals surface area contributed by atoms with Crippen LogP contribution in [0, 0.1) is 0 Å². The molecule has 1 N–H and O–H groups in total. The highest BCUT2D eigenvalue weighted by atomic mass is 16.1. The summed E-state index contributed by atoms with van der Waals surface area (Å²) in [4.78, 5) is 10.4. The van der Waals surface area contributed by atoms with Crippen molar-refractivity contribution in [2.45, 2.75) is 0 Å². The van der Waals surface area contributed by atoms with Gasteiger partial charge in [-0.2, -0.15) is 5.10 Å². The van der Waals surface area contributed by atoms with Gasteiger partial charge in [0.1, 0.15) is 0 Å². The highest BCUT2D eigenvalue weighted by Gasteiger charge is 2.03. The molecule has 1 heterocycles. The molecule has 0 aliphatic carbocycles.